The number of pyridine rings is 1. The second-order valence-electron chi connectivity index (χ2n) is 6.20. The number of nitrogens with zero attached hydrogens (tertiary/aromatic N) is 2. The van der Waals surface area contributed by atoms with Crippen LogP contribution in [0.5, 0.6) is 0 Å². The quantitative estimate of drug-likeness (QED) is 0.745. The fourth-order valence-corrected chi connectivity index (χ4v) is 3.81. The Morgan fingerprint density at radius 2 is 2.29 bits per heavy atom. The SMILES string of the molecule is Cc1ccc(CN2C[C@@H](O)[C@](O)(CNC(=O)c3ccccn3)C2)s1. The molecule has 128 valence electrons. The maximum absolute atomic E-state index is 12.0. The third-order valence-electron chi connectivity index (χ3n) is 4.18. The van der Waals surface area contributed by atoms with Gasteiger partial charge in [0, 0.05) is 35.6 Å². The molecular formula is C17H21N3O3S. The second kappa shape index (κ2) is 6.98. The van der Waals surface area contributed by atoms with E-state index in [2.05, 4.69) is 29.4 Å². The van der Waals surface area contributed by atoms with Gasteiger partial charge in [-0.15, -0.1) is 11.3 Å². The molecule has 2 aromatic heterocycles. The summed E-state index contributed by atoms with van der Waals surface area (Å²) in [7, 11) is 0. The second-order valence-corrected chi connectivity index (χ2v) is 7.57. The van der Waals surface area contributed by atoms with Gasteiger partial charge in [-0.3, -0.25) is 14.7 Å². The first-order valence-electron chi connectivity index (χ1n) is 7.84. The van der Waals surface area contributed by atoms with Crippen LogP contribution in [0.25, 0.3) is 0 Å². The molecular weight excluding hydrogens is 326 g/mol. The number of aliphatic hydroxyl groups is 2. The maximum atomic E-state index is 12.0. The molecule has 1 amide bonds. The lowest BCUT2D eigenvalue weighted by molar-refractivity contribution is -0.0377. The number of thiophene rings is 1. The van der Waals surface area contributed by atoms with Gasteiger partial charge in [-0.05, 0) is 31.2 Å². The summed E-state index contributed by atoms with van der Waals surface area (Å²) in [4.78, 5) is 20.5. The maximum Gasteiger partial charge on any atom is 0.269 e. The van der Waals surface area contributed by atoms with E-state index >= 15 is 0 Å². The van der Waals surface area contributed by atoms with Crippen LogP contribution in [-0.4, -0.2) is 57.3 Å². The van der Waals surface area contributed by atoms with Crippen LogP contribution in [0.15, 0.2) is 36.5 Å². The number of amides is 1. The number of aromatic nitrogens is 1. The molecule has 0 bridgehead atoms. The highest BCUT2D eigenvalue weighted by molar-refractivity contribution is 7.11. The van der Waals surface area contributed by atoms with Crippen LogP contribution in [0.2, 0.25) is 0 Å². The van der Waals surface area contributed by atoms with Crippen molar-refractivity contribution in [1.82, 2.24) is 15.2 Å². The summed E-state index contributed by atoms with van der Waals surface area (Å²) >= 11 is 1.71. The van der Waals surface area contributed by atoms with Crippen LogP contribution in [-0.2, 0) is 6.54 Å². The number of rotatable bonds is 5. The Morgan fingerprint density at radius 1 is 1.46 bits per heavy atom. The van der Waals surface area contributed by atoms with E-state index in [1.807, 2.05) is 4.90 Å². The minimum atomic E-state index is -1.35. The molecule has 1 saturated heterocycles. The van der Waals surface area contributed by atoms with Gasteiger partial charge in [-0.25, -0.2) is 0 Å². The highest BCUT2D eigenvalue weighted by Crippen LogP contribution is 2.25. The monoisotopic (exact) mass is 347 g/mol. The number of carbonyl (C=O) groups excluding carboxylic acids is 1. The molecule has 2 atom stereocenters. The van der Waals surface area contributed by atoms with Gasteiger partial charge < -0.3 is 15.5 Å². The zero-order chi connectivity index (χ0) is 17.2. The topological polar surface area (TPSA) is 85.7 Å². The van der Waals surface area contributed by atoms with Crippen molar-refractivity contribution in [1.29, 1.82) is 0 Å². The highest BCUT2D eigenvalue weighted by atomic mass is 32.1. The molecule has 0 saturated carbocycles. The van der Waals surface area contributed by atoms with Gasteiger partial charge in [0.15, 0.2) is 0 Å². The van der Waals surface area contributed by atoms with E-state index in [0.717, 1.165) is 0 Å². The van der Waals surface area contributed by atoms with E-state index in [1.54, 1.807) is 35.7 Å². The molecule has 3 heterocycles. The number of carbonyl (C=O) groups is 1. The number of hydrogen-bond donors (Lipinski definition) is 3. The summed E-state index contributed by atoms with van der Waals surface area (Å²) in [6.45, 7) is 3.42. The molecule has 3 N–H and O–H groups in total. The predicted molar refractivity (Wildman–Crippen MR) is 91.9 cm³/mol. The molecule has 3 rings (SSSR count). The number of nitrogens with one attached hydrogen (secondary N) is 1. The molecule has 0 aromatic carbocycles. The molecule has 24 heavy (non-hydrogen) atoms. The molecule has 1 aliphatic heterocycles. The number of likely N-dealkylation sites (tertiary alicyclic amines) is 1. The first-order chi connectivity index (χ1) is 11.5. The van der Waals surface area contributed by atoms with E-state index < -0.39 is 11.7 Å². The van der Waals surface area contributed by atoms with E-state index in [-0.39, 0.29) is 12.5 Å². The van der Waals surface area contributed by atoms with Gasteiger partial charge >= 0.3 is 0 Å². The lowest BCUT2D eigenvalue weighted by Gasteiger charge is -2.26. The zero-order valence-electron chi connectivity index (χ0n) is 13.5. The Kier molecular flexibility index (Phi) is 4.96. The average molecular weight is 347 g/mol. The minimum absolute atomic E-state index is 0.0104. The van der Waals surface area contributed by atoms with Gasteiger partial charge in [-0.2, -0.15) is 0 Å². The Morgan fingerprint density at radius 3 is 2.96 bits per heavy atom. The van der Waals surface area contributed by atoms with Crippen LogP contribution >= 0.6 is 11.3 Å². The van der Waals surface area contributed by atoms with Crippen molar-refractivity contribution in [3.8, 4) is 0 Å². The van der Waals surface area contributed by atoms with E-state index in [4.69, 9.17) is 0 Å². The van der Waals surface area contributed by atoms with Gasteiger partial charge in [0.05, 0.1) is 12.6 Å². The standard InChI is InChI=1S/C17H21N3O3S/c1-12-5-6-13(24-12)8-20-9-15(21)17(23,11-20)10-19-16(22)14-4-2-3-7-18-14/h2-7,15,21,23H,8-11H2,1H3,(H,19,22)/t15-,17+/m1/s1. The van der Waals surface area contributed by atoms with E-state index in [9.17, 15) is 15.0 Å². The fraction of sp³-hybridized carbons (Fsp3) is 0.412. The number of β-amino-alcohol motifs (C(OH)–C–C–N with tert-alkyl or cyclic N) is 2. The van der Waals surface area contributed by atoms with Crippen LogP contribution in [0.1, 0.15) is 20.2 Å². The minimum Gasteiger partial charge on any atom is -0.389 e. The summed E-state index contributed by atoms with van der Waals surface area (Å²) in [5.74, 6) is -0.358. The predicted octanol–water partition coefficient (Wildman–Crippen LogP) is 0.789. The van der Waals surface area contributed by atoms with Crippen LogP contribution in [0.3, 0.4) is 0 Å². The van der Waals surface area contributed by atoms with Gasteiger partial charge in [0.25, 0.3) is 5.91 Å². The van der Waals surface area contributed by atoms with Gasteiger partial charge in [0.1, 0.15) is 11.3 Å². The molecule has 7 heteroatoms. The Balaban J connectivity index is 1.57. The molecule has 0 radical (unpaired) electrons. The summed E-state index contributed by atoms with van der Waals surface area (Å²) in [6.07, 6.45) is 0.640. The van der Waals surface area contributed by atoms with Crippen molar-refractivity contribution in [2.45, 2.75) is 25.2 Å². The molecule has 6 nitrogen and oxygen atoms in total. The summed E-state index contributed by atoms with van der Waals surface area (Å²) in [5.41, 5.74) is -1.06. The number of aryl methyl sites for hydroxylation is 1. The Bertz CT molecular complexity index is 706. The van der Waals surface area contributed by atoms with Crippen molar-refractivity contribution in [3.63, 3.8) is 0 Å². The first kappa shape index (κ1) is 17.0. The van der Waals surface area contributed by atoms with Crippen LogP contribution < -0.4 is 5.32 Å². The zero-order valence-corrected chi connectivity index (χ0v) is 14.3. The molecule has 0 unspecified atom stereocenters. The molecule has 1 aliphatic rings. The van der Waals surface area contributed by atoms with E-state index in [0.29, 0.717) is 25.3 Å². The summed E-state index contributed by atoms with van der Waals surface area (Å²) in [6, 6.07) is 9.19. The highest BCUT2D eigenvalue weighted by Gasteiger charge is 2.44. The summed E-state index contributed by atoms with van der Waals surface area (Å²) in [5, 5.41) is 23.6. The average Bonchev–Trinajstić information content (AvgIpc) is 3.09. The Hall–Kier alpha value is -1.80. The molecule has 2 aromatic rings. The fourth-order valence-electron chi connectivity index (χ4n) is 2.88. The largest absolute Gasteiger partial charge is 0.389 e. The Labute approximate surface area is 144 Å². The van der Waals surface area contributed by atoms with Crippen molar-refractivity contribution in [3.05, 3.63) is 52.0 Å². The van der Waals surface area contributed by atoms with Crippen molar-refractivity contribution < 1.29 is 15.0 Å². The van der Waals surface area contributed by atoms with Crippen LogP contribution in [0.4, 0.5) is 0 Å². The van der Waals surface area contributed by atoms with Gasteiger partial charge in [-0.1, -0.05) is 6.07 Å². The van der Waals surface area contributed by atoms with E-state index in [1.165, 1.54) is 9.75 Å². The summed E-state index contributed by atoms with van der Waals surface area (Å²) < 4.78 is 0. The lowest BCUT2D eigenvalue weighted by Crippen LogP contribution is -2.51. The van der Waals surface area contributed by atoms with Crippen LogP contribution in [0, 0.1) is 6.92 Å². The third kappa shape index (κ3) is 3.81. The number of aliphatic hydroxyl groups excluding tert-OH is 1. The van der Waals surface area contributed by atoms with Crippen molar-refractivity contribution >= 4 is 17.2 Å². The smallest absolute Gasteiger partial charge is 0.269 e. The van der Waals surface area contributed by atoms with Crippen molar-refractivity contribution in [2.24, 2.45) is 0 Å². The molecule has 0 spiro atoms. The number of hydrogen-bond acceptors (Lipinski definition) is 6. The van der Waals surface area contributed by atoms with Gasteiger partial charge in [0.2, 0.25) is 0 Å². The molecule has 0 aliphatic carbocycles. The normalized spacial score (nSPS) is 24.2. The lowest BCUT2D eigenvalue weighted by atomic mass is 10.0. The van der Waals surface area contributed by atoms with Crippen molar-refractivity contribution in [2.75, 3.05) is 19.6 Å². The third-order valence-corrected chi connectivity index (χ3v) is 5.16. The molecule has 1 fully saturated rings. The first-order valence-corrected chi connectivity index (χ1v) is 8.65.